The van der Waals surface area contributed by atoms with Crippen molar-refractivity contribution in [1.29, 1.82) is 0 Å². The van der Waals surface area contributed by atoms with Crippen LogP contribution < -0.4 is 15.4 Å². The molecule has 0 atom stereocenters. The van der Waals surface area contributed by atoms with E-state index in [1.54, 1.807) is 36.8 Å². The van der Waals surface area contributed by atoms with Crippen molar-refractivity contribution in [2.24, 2.45) is 0 Å². The Bertz CT molecular complexity index is 1080. The van der Waals surface area contributed by atoms with Crippen LogP contribution in [0.3, 0.4) is 0 Å². The van der Waals surface area contributed by atoms with Crippen LogP contribution in [0, 0.1) is 0 Å². The van der Waals surface area contributed by atoms with Crippen molar-refractivity contribution < 1.29 is 19.1 Å². The van der Waals surface area contributed by atoms with Crippen molar-refractivity contribution in [2.45, 2.75) is 0 Å². The molecule has 2 aromatic carbocycles. The number of hydrogen-bond acceptors (Lipinski definition) is 7. The molecule has 1 aliphatic heterocycles. The van der Waals surface area contributed by atoms with Gasteiger partial charge in [0.1, 0.15) is 16.5 Å². The zero-order chi connectivity index (χ0) is 22.3. The minimum absolute atomic E-state index is 0.0740. The predicted octanol–water partition coefficient (Wildman–Crippen LogP) is 3.34. The minimum atomic E-state index is -0.300. The Morgan fingerprint density at radius 3 is 2.47 bits per heavy atom. The van der Waals surface area contributed by atoms with Crippen LogP contribution in [0.1, 0.15) is 10.5 Å². The molecule has 0 aliphatic carbocycles. The summed E-state index contributed by atoms with van der Waals surface area (Å²) >= 11 is 1.38. The maximum atomic E-state index is 12.6. The van der Waals surface area contributed by atoms with Crippen molar-refractivity contribution in [1.82, 2.24) is 9.88 Å². The second-order valence-electron chi connectivity index (χ2n) is 7.21. The van der Waals surface area contributed by atoms with E-state index in [4.69, 9.17) is 9.47 Å². The van der Waals surface area contributed by atoms with E-state index in [1.807, 2.05) is 24.3 Å². The Balaban J connectivity index is 1.34. The van der Waals surface area contributed by atoms with Gasteiger partial charge in [0, 0.05) is 29.8 Å². The number of benzene rings is 2. The highest BCUT2D eigenvalue weighted by Gasteiger charge is 2.16. The van der Waals surface area contributed by atoms with Gasteiger partial charge in [0.2, 0.25) is 5.91 Å². The van der Waals surface area contributed by atoms with Gasteiger partial charge in [-0.05, 0) is 36.4 Å². The molecule has 0 spiro atoms. The Kier molecular flexibility index (Phi) is 7.10. The zero-order valence-electron chi connectivity index (χ0n) is 17.7. The molecule has 1 aliphatic rings. The van der Waals surface area contributed by atoms with E-state index in [9.17, 15) is 9.59 Å². The molecule has 9 heteroatoms. The van der Waals surface area contributed by atoms with Crippen molar-refractivity contribution in [3.63, 3.8) is 0 Å². The number of carbonyl (C=O) groups excluding carboxylic acids is 2. The fraction of sp³-hybridized carbons (Fsp3) is 0.261. The third-order valence-electron chi connectivity index (χ3n) is 4.97. The number of nitrogens with one attached hydrogen (secondary N) is 2. The van der Waals surface area contributed by atoms with E-state index in [1.165, 1.54) is 11.3 Å². The van der Waals surface area contributed by atoms with Gasteiger partial charge in [-0.3, -0.25) is 14.5 Å². The van der Waals surface area contributed by atoms with Crippen molar-refractivity contribution >= 4 is 34.5 Å². The molecular weight excluding hydrogens is 428 g/mol. The summed E-state index contributed by atoms with van der Waals surface area (Å²) in [5.41, 5.74) is 2.47. The third-order valence-corrected chi connectivity index (χ3v) is 5.85. The predicted molar refractivity (Wildman–Crippen MR) is 124 cm³/mol. The Hall–Kier alpha value is -3.27. The summed E-state index contributed by atoms with van der Waals surface area (Å²) in [5, 5.41) is 8.15. The molecule has 8 nitrogen and oxygen atoms in total. The van der Waals surface area contributed by atoms with Gasteiger partial charge in [0.15, 0.2) is 0 Å². The molecule has 2 amide bonds. The highest BCUT2D eigenvalue weighted by atomic mass is 32.1. The van der Waals surface area contributed by atoms with Gasteiger partial charge in [0.25, 0.3) is 5.91 Å². The highest BCUT2D eigenvalue weighted by Crippen LogP contribution is 2.32. The molecule has 0 unspecified atom stereocenters. The first-order valence-electron chi connectivity index (χ1n) is 10.2. The largest absolute Gasteiger partial charge is 0.496 e. The van der Waals surface area contributed by atoms with Gasteiger partial charge < -0.3 is 20.1 Å². The molecule has 1 fully saturated rings. The average molecular weight is 453 g/mol. The second kappa shape index (κ2) is 10.4. The number of morpholine rings is 1. The van der Waals surface area contributed by atoms with E-state index in [0.717, 1.165) is 18.7 Å². The Labute approximate surface area is 190 Å². The van der Waals surface area contributed by atoms with Gasteiger partial charge in [-0.25, -0.2) is 4.98 Å². The van der Waals surface area contributed by atoms with Crippen LogP contribution in [0.15, 0.2) is 53.9 Å². The van der Waals surface area contributed by atoms with Gasteiger partial charge >= 0.3 is 0 Å². The average Bonchev–Trinajstić information content (AvgIpc) is 3.31. The molecule has 2 heterocycles. The van der Waals surface area contributed by atoms with Crippen LogP contribution in [0.5, 0.6) is 5.75 Å². The van der Waals surface area contributed by atoms with Gasteiger partial charge in [0.05, 0.1) is 32.4 Å². The minimum Gasteiger partial charge on any atom is -0.496 e. The standard InChI is InChI=1S/C23H24N4O4S/c1-30-20-5-3-2-4-18(20)23-26-19(15-32-23)22(29)25-17-8-6-16(7-9-17)24-21(28)14-27-10-12-31-13-11-27/h2-9,15H,10-14H2,1H3,(H,24,28)(H,25,29). The number of carbonyl (C=O) groups is 2. The topological polar surface area (TPSA) is 92.8 Å². The number of anilines is 2. The molecule has 1 saturated heterocycles. The summed E-state index contributed by atoms with van der Waals surface area (Å²) in [4.78, 5) is 31.3. The lowest BCUT2D eigenvalue weighted by Gasteiger charge is -2.25. The molecule has 1 aromatic heterocycles. The summed E-state index contributed by atoms with van der Waals surface area (Å²) in [5.74, 6) is 0.335. The number of hydrogen-bond donors (Lipinski definition) is 2. The van der Waals surface area contributed by atoms with Crippen LogP contribution in [-0.2, 0) is 9.53 Å². The quantitative estimate of drug-likeness (QED) is 0.571. The molecule has 0 radical (unpaired) electrons. The zero-order valence-corrected chi connectivity index (χ0v) is 18.5. The lowest BCUT2D eigenvalue weighted by molar-refractivity contribution is -0.118. The lowest BCUT2D eigenvalue weighted by Crippen LogP contribution is -2.41. The van der Waals surface area contributed by atoms with Crippen molar-refractivity contribution in [2.75, 3.05) is 50.6 Å². The van der Waals surface area contributed by atoms with Crippen LogP contribution in [0.25, 0.3) is 10.6 Å². The molecule has 0 saturated carbocycles. The van der Waals surface area contributed by atoms with E-state index >= 15 is 0 Å². The van der Waals surface area contributed by atoms with Crippen LogP contribution in [-0.4, -0.2) is 61.7 Å². The number of rotatable bonds is 7. The monoisotopic (exact) mass is 452 g/mol. The molecule has 0 bridgehead atoms. The van der Waals surface area contributed by atoms with E-state index in [-0.39, 0.29) is 11.8 Å². The number of nitrogens with zero attached hydrogens (tertiary/aromatic N) is 2. The fourth-order valence-electron chi connectivity index (χ4n) is 3.32. The summed E-state index contributed by atoms with van der Waals surface area (Å²) in [6.45, 7) is 3.16. The van der Waals surface area contributed by atoms with E-state index in [0.29, 0.717) is 47.6 Å². The van der Waals surface area contributed by atoms with Crippen LogP contribution in [0.4, 0.5) is 11.4 Å². The van der Waals surface area contributed by atoms with Gasteiger partial charge in [-0.1, -0.05) is 12.1 Å². The Morgan fingerprint density at radius 1 is 1.06 bits per heavy atom. The maximum absolute atomic E-state index is 12.6. The first kappa shape index (κ1) is 21.9. The smallest absolute Gasteiger partial charge is 0.275 e. The normalized spacial score (nSPS) is 14.0. The number of aromatic nitrogens is 1. The molecule has 3 aromatic rings. The highest BCUT2D eigenvalue weighted by molar-refractivity contribution is 7.13. The number of methoxy groups -OCH3 is 1. The maximum Gasteiger partial charge on any atom is 0.275 e. The van der Waals surface area contributed by atoms with E-state index in [2.05, 4.69) is 20.5 Å². The summed E-state index contributed by atoms with van der Waals surface area (Å²) < 4.78 is 10.7. The summed E-state index contributed by atoms with van der Waals surface area (Å²) in [6.07, 6.45) is 0. The molecule has 166 valence electrons. The van der Waals surface area contributed by atoms with Crippen LogP contribution >= 0.6 is 11.3 Å². The van der Waals surface area contributed by atoms with Crippen molar-refractivity contribution in [3.8, 4) is 16.3 Å². The van der Waals surface area contributed by atoms with Crippen LogP contribution in [0.2, 0.25) is 0 Å². The molecule has 32 heavy (non-hydrogen) atoms. The molecular formula is C23H24N4O4S. The summed E-state index contributed by atoms with van der Waals surface area (Å²) in [7, 11) is 1.61. The fourth-order valence-corrected chi connectivity index (χ4v) is 4.15. The molecule has 2 N–H and O–H groups in total. The first-order valence-corrected chi connectivity index (χ1v) is 11.1. The summed E-state index contributed by atoms with van der Waals surface area (Å²) in [6, 6.07) is 14.6. The number of thiazole rings is 1. The van der Waals surface area contributed by atoms with Gasteiger partial charge in [-0.2, -0.15) is 0 Å². The van der Waals surface area contributed by atoms with E-state index < -0.39 is 0 Å². The third kappa shape index (κ3) is 5.50. The van der Waals surface area contributed by atoms with Crippen molar-refractivity contribution in [3.05, 3.63) is 59.6 Å². The van der Waals surface area contributed by atoms with Gasteiger partial charge in [-0.15, -0.1) is 11.3 Å². The second-order valence-corrected chi connectivity index (χ2v) is 8.06. The number of amides is 2. The molecule has 4 rings (SSSR count). The first-order chi connectivity index (χ1) is 15.6. The Morgan fingerprint density at radius 2 is 1.75 bits per heavy atom. The number of ether oxygens (including phenoxy) is 2. The number of para-hydroxylation sites is 1. The SMILES string of the molecule is COc1ccccc1-c1nc(C(=O)Nc2ccc(NC(=O)CN3CCOCC3)cc2)cs1. The lowest BCUT2D eigenvalue weighted by atomic mass is 10.2.